The van der Waals surface area contributed by atoms with Gasteiger partial charge in [0, 0.05) is 5.69 Å². The van der Waals surface area contributed by atoms with Crippen LogP contribution in [0, 0.1) is 0 Å². The van der Waals surface area contributed by atoms with Crippen LogP contribution in [0.4, 0.5) is 5.69 Å². The van der Waals surface area contributed by atoms with Crippen molar-refractivity contribution in [3.8, 4) is 0 Å². The van der Waals surface area contributed by atoms with Crippen LogP contribution in [0.15, 0.2) is 29.2 Å². The quantitative estimate of drug-likeness (QED) is 0.373. The number of anilines is 1. The van der Waals surface area contributed by atoms with E-state index >= 15 is 0 Å². The minimum atomic E-state index is -4.48. The van der Waals surface area contributed by atoms with Gasteiger partial charge < -0.3 is 9.87 Å². The van der Waals surface area contributed by atoms with Crippen LogP contribution in [-0.2, 0) is 19.7 Å². The SMILES string of the molecule is CC(=O)CC(=O)Nc1ccc(S(=O)(=O)[O-])cc1.[Na+]. The van der Waals surface area contributed by atoms with Crippen LogP contribution in [0.5, 0.6) is 0 Å². The molecule has 6 nitrogen and oxygen atoms in total. The van der Waals surface area contributed by atoms with Crippen molar-refractivity contribution in [2.75, 3.05) is 5.32 Å². The standard InChI is InChI=1S/C10H11NO5S.Na/c1-7(12)6-10(13)11-8-2-4-9(5-3-8)17(14,15)16;/h2-5H,6H2,1H3,(H,11,13)(H,14,15,16);/q;+1/p-1. The van der Waals surface area contributed by atoms with E-state index < -0.39 is 16.0 Å². The second kappa shape index (κ2) is 7.01. The number of benzene rings is 1. The van der Waals surface area contributed by atoms with Gasteiger partial charge in [0.15, 0.2) is 0 Å². The maximum atomic E-state index is 11.2. The molecular formula is C10H10NNaO5S. The smallest absolute Gasteiger partial charge is 0.744 e. The van der Waals surface area contributed by atoms with Gasteiger partial charge in [-0.05, 0) is 31.2 Å². The number of hydrogen-bond acceptors (Lipinski definition) is 5. The topological polar surface area (TPSA) is 103 Å². The molecule has 0 spiro atoms. The molecule has 1 aromatic rings. The molecule has 0 saturated heterocycles. The van der Waals surface area contributed by atoms with Gasteiger partial charge in [0.05, 0.1) is 11.3 Å². The maximum Gasteiger partial charge on any atom is 1.00 e. The van der Waals surface area contributed by atoms with Crippen molar-refractivity contribution in [1.29, 1.82) is 0 Å². The van der Waals surface area contributed by atoms with E-state index in [1.54, 1.807) is 0 Å². The summed E-state index contributed by atoms with van der Waals surface area (Å²) in [6.45, 7) is 1.28. The third-order valence-corrected chi connectivity index (χ3v) is 2.69. The zero-order valence-corrected chi connectivity index (χ0v) is 12.8. The summed E-state index contributed by atoms with van der Waals surface area (Å²) in [5.41, 5.74) is 0.323. The predicted molar refractivity (Wildman–Crippen MR) is 58.3 cm³/mol. The third kappa shape index (κ3) is 5.74. The monoisotopic (exact) mass is 279 g/mol. The zero-order valence-electron chi connectivity index (χ0n) is 9.97. The fourth-order valence-corrected chi connectivity index (χ4v) is 1.61. The average Bonchev–Trinajstić information content (AvgIpc) is 2.15. The van der Waals surface area contributed by atoms with Crippen LogP contribution < -0.4 is 34.9 Å². The van der Waals surface area contributed by atoms with Gasteiger partial charge in [0.25, 0.3) is 0 Å². The van der Waals surface area contributed by atoms with Gasteiger partial charge in [-0.2, -0.15) is 0 Å². The number of carbonyl (C=O) groups excluding carboxylic acids is 2. The van der Waals surface area contributed by atoms with Crippen LogP contribution >= 0.6 is 0 Å². The summed E-state index contributed by atoms with van der Waals surface area (Å²) in [6, 6.07) is 4.74. The molecule has 1 rings (SSSR count). The van der Waals surface area contributed by atoms with Crippen LogP contribution in [0.3, 0.4) is 0 Å². The minimum Gasteiger partial charge on any atom is -0.744 e. The van der Waals surface area contributed by atoms with Crippen molar-refractivity contribution in [1.82, 2.24) is 0 Å². The van der Waals surface area contributed by atoms with Crippen molar-refractivity contribution < 1.29 is 52.1 Å². The molecule has 0 aliphatic heterocycles. The van der Waals surface area contributed by atoms with E-state index in [-0.39, 0.29) is 46.7 Å². The fraction of sp³-hybridized carbons (Fsp3) is 0.200. The summed E-state index contributed by atoms with van der Waals surface area (Å²) in [4.78, 5) is 21.5. The summed E-state index contributed by atoms with van der Waals surface area (Å²) in [5.74, 6) is -0.767. The molecule has 0 unspecified atom stereocenters. The van der Waals surface area contributed by atoms with Gasteiger partial charge in [-0.3, -0.25) is 9.59 Å². The zero-order chi connectivity index (χ0) is 13.1. The Labute approximate surface area is 127 Å². The molecule has 0 aliphatic rings. The molecule has 0 aliphatic carbocycles. The molecule has 8 heteroatoms. The Morgan fingerprint density at radius 1 is 1.22 bits per heavy atom. The van der Waals surface area contributed by atoms with Crippen LogP contribution in [-0.4, -0.2) is 24.7 Å². The van der Waals surface area contributed by atoms with E-state index in [9.17, 15) is 22.6 Å². The Balaban J connectivity index is 0.00000289. The first-order valence-electron chi connectivity index (χ1n) is 4.64. The number of ketones is 1. The first-order chi connectivity index (χ1) is 7.79. The maximum absolute atomic E-state index is 11.2. The van der Waals surface area contributed by atoms with Gasteiger partial charge in [-0.1, -0.05) is 0 Å². The fourth-order valence-electron chi connectivity index (χ4n) is 1.14. The molecule has 0 atom stereocenters. The normalized spacial score (nSPS) is 10.3. The molecule has 0 saturated carbocycles. The minimum absolute atomic E-state index is 0. The van der Waals surface area contributed by atoms with E-state index in [2.05, 4.69) is 5.32 Å². The molecule has 1 amide bonds. The third-order valence-electron chi connectivity index (χ3n) is 1.84. The molecule has 18 heavy (non-hydrogen) atoms. The summed E-state index contributed by atoms with van der Waals surface area (Å²) >= 11 is 0. The number of amides is 1. The van der Waals surface area contributed by atoms with Gasteiger partial charge in [-0.25, -0.2) is 8.42 Å². The Kier molecular flexibility index (Phi) is 6.72. The average molecular weight is 279 g/mol. The van der Waals surface area contributed by atoms with Crippen molar-refractivity contribution in [2.24, 2.45) is 0 Å². The van der Waals surface area contributed by atoms with Crippen molar-refractivity contribution in [3.63, 3.8) is 0 Å². The van der Waals surface area contributed by atoms with Crippen LogP contribution in [0.25, 0.3) is 0 Å². The van der Waals surface area contributed by atoms with Gasteiger partial charge in [0.1, 0.15) is 15.9 Å². The van der Waals surface area contributed by atoms with Crippen molar-refractivity contribution >= 4 is 27.5 Å². The molecule has 0 aromatic heterocycles. The molecule has 1 aromatic carbocycles. The van der Waals surface area contributed by atoms with Crippen LogP contribution in [0.1, 0.15) is 13.3 Å². The first-order valence-corrected chi connectivity index (χ1v) is 6.05. The molecular weight excluding hydrogens is 269 g/mol. The second-order valence-electron chi connectivity index (χ2n) is 3.41. The summed E-state index contributed by atoms with van der Waals surface area (Å²) in [7, 11) is -4.48. The van der Waals surface area contributed by atoms with E-state index in [0.717, 1.165) is 12.1 Å². The summed E-state index contributed by atoms with van der Waals surface area (Å²) in [6.07, 6.45) is -0.248. The predicted octanol–water partition coefficient (Wildman–Crippen LogP) is -2.49. The number of Topliss-reactive ketones (excluding diaryl/α,β-unsaturated/α-hetero) is 1. The van der Waals surface area contributed by atoms with E-state index in [1.165, 1.54) is 19.1 Å². The molecule has 1 N–H and O–H groups in total. The number of hydrogen-bond donors (Lipinski definition) is 1. The van der Waals surface area contributed by atoms with Gasteiger partial charge in [-0.15, -0.1) is 0 Å². The Morgan fingerprint density at radius 2 is 1.72 bits per heavy atom. The summed E-state index contributed by atoms with van der Waals surface area (Å²) in [5, 5.41) is 2.40. The number of rotatable bonds is 4. The Bertz CT molecular complexity index is 538. The van der Waals surface area contributed by atoms with Crippen LogP contribution in [0.2, 0.25) is 0 Å². The Morgan fingerprint density at radius 3 is 2.11 bits per heavy atom. The number of carbonyl (C=O) groups is 2. The number of nitrogens with one attached hydrogen (secondary N) is 1. The molecule has 0 fully saturated rings. The molecule has 0 heterocycles. The van der Waals surface area contributed by atoms with Crippen molar-refractivity contribution in [2.45, 2.75) is 18.2 Å². The second-order valence-corrected chi connectivity index (χ2v) is 4.79. The molecule has 92 valence electrons. The van der Waals surface area contributed by atoms with E-state index in [4.69, 9.17) is 0 Å². The van der Waals surface area contributed by atoms with E-state index in [1.807, 2.05) is 0 Å². The summed E-state index contributed by atoms with van der Waals surface area (Å²) < 4.78 is 31.9. The largest absolute Gasteiger partial charge is 1.00 e. The van der Waals surface area contributed by atoms with Gasteiger partial charge in [0.2, 0.25) is 5.91 Å². The van der Waals surface area contributed by atoms with Crippen molar-refractivity contribution in [3.05, 3.63) is 24.3 Å². The Hall–Kier alpha value is -0.730. The van der Waals surface area contributed by atoms with Gasteiger partial charge >= 0.3 is 29.6 Å². The van der Waals surface area contributed by atoms with E-state index in [0.29, 0.717) is 5.69 Å². The molecule has 0 bridgehead atoms. The first kappa shape index (κ1) is 17.3. The molecule has 0 radical (unpaired) electrons.